The first-order valence-electron chi connectivity index (χ1n) is 4.89. The number of allylic oxidation sites excluding steroid dienone is 4. The quantitative estimate of drug-likeness (QED) is 0.644. The van der Waals surface area contributed by atoms with Crippen molar-refractivity contribution in [3.8, 4) is 0 Å². The molecule has 0 bridgehead atoms. The lowest BCUT2D eigenvalue weighted by Crippen LogP contribution is -2.02. The molecule has 13 heavy (non-hydrogen) atoms. The van der Waals surface area contributed by atoms with E-state index in [2.05, 4.69) is 32.6 Å². The number of hydrogen-bond acceptors (Lipinski definition) is 1. The smallest absolute Gasteiger partial charge is 0.0139 e. The molecule has 0 aromatic heterocycles. The van der Waals surface area contributed by atoms with Gasteiger partial charge in [-0.1, -0.05) is 43.7 Å². The second-order valence-corrected chi connectivity index (χ2v) is 3.28. The van der Waals surface area contributed by atoms with Crippen molar-refractivity contribution in [3.63, 3.8) is 0 Å². The summed E-state index contributed by atoms with van der Waals surface area (Å²) >= 11 is 0. The Bertz CT molecular complexity index is 215. The van der Waals surface area contributed by atoms with Crippen LogP contribution < -0.4 is 5.73 Å². The highest BCUT2D eigenvalue weighted by atomic mass is 14.5. The van der Waals surface area contributed by atoms with Gasteiger partial charge in [0.15, 0.2) is 0 Å². The summed E-state index contributed by atoms with van der Waals surface area (Å²) < 4.78 is 0. The Hall–Kier alpha value is -0.820. The van der Waals surface area contributed by atoms with E-state index >= 15 is 0 Å². The highest BCUT2D eigenvalue weighted by Gasteiger charge is 1.93. The van der Waals surface area contributed by atoms with Crippen molar-refractivity contribution in [2.75, 3.05) is 6.54 Å². The molecular formula is C12H21N. The third-order valence-corrected chi connectivity index (χ3v) is 1.95. The summed E-state index contributed by atoms with van der Waals surface area (Å²) in [6, 6.07) is 0. The Kier molecular flexibility index (Phi) is 6.25. The molecule has 0 heterocycles. The zero-order valence-corrected chi connectivity index (χ0v) is 9.06. The molecule has 0 saturated carbocycles. The molecule has 0 radical (unpaired) electrons. The first-order valence-corrected chi connectivity index (χ1v) is 4.89. The number of hydrogen-bond donors (Lipinski definition) is 1. The Balaban J connectivity index is 4.59. The third-order valence-electron chi connectivity index (χ3n) is 1.95. The molecule has 0 aliphatic carbocycles. The average Bonchev–Trinajstić information content (AvgIpc) is 2.11. The van der Waals surface area contributed by atoms with Crippen LogP contribution in [0.4, 0.5) is 0 Å². The van der Waals surface area contributed by atoms with Crippen molar-refractivity contribution < 1.29 is 0 Å². The summed E-state index contributed by atoms with van der Waals surface area (Å²) in [5.41, 5.74) is 9.31. The minimum Gasteiger partial charge on any atom is -0.327 e. The molecule has 1 heteroatoms. The average molecular weight is 179 g/mol. The maximum atomic E-state index is 5.60. The summed E-state index contributed by atoms with van der Waals surface area (Å²) in [6.07, 6.45) is 6.38. The molecule has 2 N–H and O–H groups in total. The van der Waals surface area contributed by atoms with E-state index in [9.17, 15) is 0 Å². The molecule has 1 nitrogen and oxygen atoms in total. The van der Waals surface area contributed by atoms with Crippen LogP contribution in [-0.2, 0) is 0 Å². The lowest BCUT2D eigenvalue weighted by atomic mass is 10.1. The molecule has 0 rings (SSSR count). The van der Waals surface area contributed by atoms with Crippen LogP contribution in [0.25, 0.3) is 0 Å². The standard InChI is InChI=1S/C12H21N/c1-5-11(7-10(3)4)8-12(6-2)9-13/h7-8H,3,5-6,9,13H2,1-2,4H3/b11-7-,12-8-. The van der Waals surface area contributed by atoms with Crippen LogP contribution in [0.2, 0.25) is 0 Å². The van der Waals surface area contributed by atoms with E-state index in [0.717, 1.165) is 18.4 Å². The van der Waals surface area contributed by atoms with Crippen LogP contribution in [0.15, 0.2) is 35.5 Å². The first kappa shape index (κ1) is 12.2. The van der Waals surface area contributed by atoms with Crippen molar-refractivity contribution in [1.82, 2.24) is 0 Å². The fourth-order valence-electron chi connectivity index (χ4n) is 1.13. The lowest BCUT2D eigenvalue weighted by molar-refractivity contribution is 0.993. The first-order chi connectivity index (χ1) is 6.13. The van der Waals surface area contributed by atoms with Gasteiger partial charge in [0.1, 0.15) is 0 Å². The van der Waals surface area contributed by atoms with E-state index in [1.807, 2.05) is 6.92 Å². The second-order valence-electron chi connectivity index (χ2n) is 3.28. The Morgan fingerprint density at radius 3 is 2.15 bits per heavy atom. The fourth-order valence-corrected chi connectivity index (χ4v) is 1.13. The Morgan fingerprint density at radius 2 is 1.85 bits per heavy atom. The molecule has 74 valence electrons. The summed E-state index contributed by atoms with van der Waals surface area (Å²) in [4.78, 5) is 0. The zero-order valence-electron chi connectivity index (χ0n) is 9.06. The molecule has 0 spiro atoms. The highest BCUT2D eigenvalue weighted by molar-refractivity contribution is 5.30. The zero-order chi connectivity index (χ0) is 10.3. The van der Waals surface area contributed by atoms with Crippen molar-refractivity contribution in [1.29, 1.82) is 0 Å². The van der Waals surface area contributed by atoms with E-state index in [-0.39, 0.29) is 0 Å². The van der Waals surface area contributed by atoms with Gasteiger partial charge in [-0.15, -0.1) is 0 Å². The Morgan fingerprint density at radius 1 is 1.23 bits per heavy atom. The van der Waals surface area contributed by atoms with Gasteiger partial charge in [-0.3, -0.25) is 0 Å². The third kappa shape index (κ3) is 5.42. The van der Waals surface area contributed by atoms with Crippen LogP contribution >= 0.6 is 0 Å². The second kappa shape index (κ2) is 6.67. The van der Waals surface area contributed by atoms with Crippen LogP contribution in [0.1, 0.15) is 33.6 Å². The van der Waals surface area contributed by atoms with Crippen molar-refractivity contribution in [3.05, 3.63) is 35.5 Å². The van der Waals surface area contributed by atoms with Gasteiger partial charge >= 0.3 is 0 Å². The van der Waals surface area contributed by atoms with Crippen LogP contribution in [0.5, 0.6) is 0 Å². The molecule has 0 atom stereocenters. The van der Waals surface area contributed by atoms with E-state index in [4.69, 9.17) is 5.73 Å². The van der Waals surface area contributed by atoms with Gasteiger partial charge in [0.2, 0.25) is 0 Å². The van der Waals surface area contributed by atoms with Crippen LogP contribution in [0, 0.1) is 0 Å². The van der Waals surface area contributed by atoms with Crippen molar-refractivity contribution in [2.24, 2.45) is 5.73 Å². The molecule has 0 fully saturated rings. The predicted molar refractivity (Wildman–Crippen MR) is 60.6 cm³/mol. The Labute approximate surface area is 82.0 Å². The largest absolute Gasteiger partial charge is 0.327 e. The highest BCUT2D eigenvalue weighted by Crippen LogP contribution is 2.10. The number of rotatable bonds is 5. The molecule has 0 saturated heterocycles. The maximum absolute atomic E-state index is 5.60. The van der Waals surface area contributed by atoms with Crippen molar-refractivity contribution >= 4 is 0 Å². The van der Waals surface area contributed by atoms with Gasteiger partial charge in [0.05, 0.1) is 0 Å². The molecule has 0 aromatic rings. The topological polar surface area (TPSA) is 26.0 Å². The monoisotopic (exact) mass is 179 g/mol. The van der Waals surface area contributed by atoms with Gasteiger partial charge in [0.25, 0.3) is 0 Å². The molecule has 0 aliphatic heterocycles. The predicted octanol–water partition coefficient (Wildman–Crippen LogP) is 3.19. The summed E-state index contributed by atoms with van der Waals surface area (Å²) in [7, 11) is 0. The summed E-state index contributed by atoms with van der Waals surface area (Å²) in [5.74, 6) is 0. The molecule has 0 amide bonds. The van der Waals surface area contributed by atoms with Crippen LogP contribution in [0.3, 0.4) is 0 Å². The lowest BCUT2D eigenvalue weighted by Gasteiger charge is -2.03. The SMILES string of the molecule is C=C(C)/C=C(\C=C(\CC)CN)CC. The summed E-state index contributed by atoms with van der Waals surface area (Å²) in [5, 5.41) is 0. The molecular weight excluding hydrogens is 158 g/mol. The van der Waals surface area contributed by atoms with Gasteiger partial charge in [0, 0.05) is 6.54 Å². The van der Waals surface area contributed by atoms with Crippen LogP contribution in [-0.4, -0.2) is 6.54 Å². The van der Waals surface area contributed by atoms with Gasteiger partial charge in [-0.25, -0.2) is 0 Å². The maximum Gasteiger partial charge on any atom is 0.0139 e. The minimum absolute atomic E-state index is 0.657. The van der Waals surface area contributed by atoms with E-state index in [1.165, 1.54) is 11.1 Å². The normalized spacial score (nSPS) is 13.2. The molecule has 0 aliphatic rings. The van der Waals surface area contributed by atoms with Gasteiger partial charge in [-0.2, -0.15) is 0 Å². The van der Waals surface area contributed by atoms with E-state index < -0.39 is 0 Å². The van der Waals surface area contributed by atoms with Gasteiger partial charge in [-0.05, 0) is 25.3 Å². The minimum atomic E-state index is 0.657. The van der Waals surface area contributed by atoms with E-state index in [0.29, 0.717) is 6.54 Å². The summed E-state index contributed by atoms with van der Waals surface area (Å²) in [6.45, 7) is 10.8. The number of nitrogens with two attached hydrogens (primary N) is 1. The fraction of sp³-hybridized carbons (Fsp3) is 0.500. The van der Waals surface area contributed by atoms with Gasteiger partial charge < -0.3 is 5.73 Å². The molecule has 0 unspecified atom stereocenters. The van der Waals surface area contributed by atoms with E-state index in [1.54, 1.807) is 0 Å². The molecule has 0 aromatic carbocycles. The van der Waals surface area contributed by atoms with Crippen molar-refractivity contribution in [2.45, 2.75) is 33.6 Å².